The molecule has 3 rings (SSSR count). The van der Waals surface area contributed by atoms with Crippen LogP contribution in [0.2, 0.25) is 5.02 Å². The Morgan fingerprint density at radius 1 is 1.44 bits per heavy atom. The van der Waals surface area contributed by atoms with Crippen molar-refractivity contribution in [3.8, 4) is 0 Å². The number of nitrogens with one attached hydrogen (secondary N) is 1. The lowest BCUT2D eigenvalue weighted by molar-refractivity contribution is 0.596. The van der Waals surface area contributed by atoms with Crippen LogP contribution >= 0.6 is 11.6 Å². The number of aryl methyl sites for hydroxylation is 1. The monoisotopic (exact) mass is 266 g/mol. The van der Waals surface area contributed by atoms with E-state index in [0.717, 1.165) is 24.2 Å². The van der Waals surface area contributed by atoms with Gasteiger partial charge in [-0.05, 0) is 18.1 Å². The molecular weight excluding hydrogens is 252 g/mol. The van der Waals surface area contributed by atoms with E-state index in [1.807, 2.05) is 19.9 Å². The Labute approximate surface area is 110 Å². The van der Waals surface area contributed by atoms with Gasteiger partial charge in [0, 0.05) is 18.8 Å². The number of nitrogens with zero attached hydrogens (tertiary/aromatic N) is 3. The summed E-state index contributed by atoms with van der Waals surface area (Å²) in [6, 6.07) is 1.85. The van der Waals surface area contributed by atoms with Gasteiger partial charge in [0.1, 0.15) is 5.82 Å². The van der Waals surface area contributed by atoms with Crippen molar-refractivity contribution >= 4 is 11.6 Å². The summed E-state index contributed by atoms with van der Waals surface area (Å²) in [5, 5.41) is 7.01. The van der Waals surface area contributed by atoms with E-state index in [2.05, 4.69) is 15.2 Å². The minimum absolute atomic E-state index is 0.00690. The third-order valence-electron chi connectivity index (χ3n) is 2.84. The van der Waals surface area contributed by atoms with Gasteiger partial charge < -0.3 is 0 Å². The Bertz CT molecular complexity index is 590. The highest BCUT2D eigenvalue weighted by Crippen LogP contribution is 2.29. The molecule has 1 unspecified atom stereocenters. The van der Waals surface area contributed by atoms with E-state index in [4.69, 9.17) is 11.6 Å². The largest absolute Gasteiger partial charge is 0.343 e. The maximum Gasteiger partial charge on any atom is 0.343 e. The van der Waals surface area contributed by atoms with Crippen molar-refractivity contribution in [1.29, 1.82) is 0 Å². The van der Waals surface area contributed by atoms with E-state index in [1.54, 1.807) is 17.0 Å². The lowest BCUT2D eigenvalue weighted by atomic mass is 10.1. The minimum atomic E-state index is -0.169. The Morgan fingerprint density at radius 2 is 2.22 bits per heavy atom. The van der Waals surface area contributed by atoms with Crippen molar-refractivity contribution in [3.63, 3.8) is 0 Å². The number of aromatic nitrogens is 4. The summed E-state index contributed by atoms with van der Waals surface area (Å²) in [5.41, 5.74) is 0.784. The minimum Gasteiger partial charge on any atom is -0.271 e. The normalized spacial score (nSPS) is 16.9. The van der Waals surface area contributed by atoms with Crippen LogP contribution in [-0.2, 0) is 6.42 Å². The molecular formula is C12H15ClN4O. The predicted molar refractivity (Wildman–Crippen MR) is 69.9 cm³/mol. The molecule has 0 amide bonds. The highest BCUT2D eigenvalue weighted by atomic mass is 35.5. The molecule has 3 heterocycles. The maximum absolute atomic E-state index is 11.6. The van der Waals surface area contributed by atoms with E-state index in [9.17, 15) is 4.79 Å². The van der Waals surface area contributed by atoms with Crippen LogP contribution in [0.4, 0.5) is 0 Å². The molecule has 0 aromatic carbocycles. The predicted octanol–water partition coefficient (Wildman–Crippen LogP) is 2.18. The molecule has 1 aliphatic heterocycles. The summed E-state index contributed by atoms with van der Waals surface area (Å²) in [4.78, 5) is 15.6. The third-order valence-corrected chi connectivity index (χ3v) is 3.05. The molecule has 2 aromatic heterocycles. The topological polar surface area (TPSA) is 63.6 Å². The average Bonchev–Trinajstić information content (AvgIpc) is 2.96. The molecule has 0 spiro atoms. The molecule has 6 heteroatoms. The molecule has 1 N–H and O–H groups in total. The number of fused-ring (bicyclic) bond motifs is 1. The second-order valence-corrected chi connectivity index (χ2v) is 4.24. The fourth-order valence-electron chi connectivity index (χ4n) is 2.16. The smallest absolute Gasteiger partial charge is 0.271 e. The van der Waals surface area contributed by atoms with Crippen LogP contribution in [0, 0.1) is 0 Å². The quantitative estimate of drug-likeness (QED) is 0.860. The fourth-order valence-corrected chi connectivity index (χ4v) is 2.34. The van der Waals surface area contributed by atoms with Crippen LogP contribution in [0.15, 0.2) is 23.3 Å². The van der Waals surface area contributed by atoms with Gasteiger partial charge in [0.15, 0.2) is 0 Å². The van der Waals surface area contributed by atoms with Crippen LogP contribution in [0.1, 0.15) is 37.7 Å². The summed E-state index contributed by atoms with van der Waals surface area (Å²) in [6.45, 7) is 4.00. The Morgan fingerprint density at radius 3 is 2.94 bits per heavy atom. The van der Waals surface area contributed by atoms with Gasteiger partial charge in [-0.25, -0.2) is 9.89 Å². The molecule has 2 aromatic rings. The first-order valence-electron chi connectivity index (χ1n) is 6.02. The zero-order chi connectivity index (χ0) is 13.1. The second kappa shape index (κ2) is 5.35. The molecule has 18 heavy (non-hydrogen) atoms. The molecule has 0 fully saturated rings. The summed E-state index contributed by atoms with van der Waals surface area (Å²) in [5.74, 6) is 0.801. The van der Waals surface area contributed by atoms with Gasteiger partial charge in [-0.15, -0.1) is 0 Å². The third kappa shape index (κ3) is 2.18. The Balaban J connectivity index is 0.000000574. The Kier molecular flexibility index (Phi) is 3.81. The highest BCUT2D eigenvalue weighted by molar-refractivity contribution is 6.30. The molecule has 1 aliphatic rings. The van der Waals surface area contributed by atoms with Crippen LogP contribution in [0.3, 0.4) is 0 Å². The number of H-pyrrole nitrogens is 1. The van der Waals surface area contributed by atoms with Gasteiger partial charge in [0.2, 0.25) is 0 Å². The number of hydrogen-bond donors (Lipinski definition) is 1. The SMILES string of the molecule is CC.O=c1[nH]nc2n1C(c1cncc(Cl)c1)CC2. The highest BCUT2D eigenvalue weighted by Gasteiger charge is 2.27. The van der Waals surface area contributed by atoms with E-state index in [-0.39, 0.29) is 11.7 Å². The lowest BCUT2D eigenvalue weighted by Crippen LogP contribution is -2.20. The van der Waals surface area contributed by atoms with Crippen LogP contribution < -0.4 is 5.69 Å². The summed E-state index contributed by atoms with van der Waals surface area (Å²) < 4.78 is 1.67. The number of rotatable bonds is 1. The maximum atomic E-state index is 11.6. The molecule has 0 radical (unpaired) electrons. The van der Waals surface area contributed by atoms with E-state index in [0.29, 0.717) is 5.02 Å². The van der Waals surface area contributed by atoms with E-state index in [1.165, 1.54) is 0 Å². The zero-order valence-electron chi connectivity index (χ0n) is 10.4. The number of hydrogen-bond acceptors (Lipinski definition) is 3. The fraction of sp³-hybridized carbons (Fsp3) is 0.417. The van der Waals surface area contributed by atoms with E-state index >= 15 is 0 Å². The first kappa shape index (κ1) is 12.8. The molecule has 0 saturated carbocycles. The van der Waals surface area contributed by atoms with Crippen LogP contribution in [-0.4, -0.2) is 19.7 Å². The van der Waals surface area contributed by atoms with E-state index < -0.39 is 0 Å². The van der Waals surface area contributed by atoms with Crippen molar-refractivity contribution in [2.24, 2.45) is 0 Å². The van der Waals surface area contributed by atoms with Gasteiger partial charge in [-0.2, -0.15) is 5.10 Å². The number of halogens is 1. The van der Waals surface area contributed by atoms with Gasteiger partial charge in [-0.1, -0.05) is 25.4 Å². The van der Waals surface area contributed by atoms with Crippen LogP contribution in [0.5, 0.6) is 0 Å². The molecule has 5 nitrogen and oxygen atoms in total. The van der Waals surface area contributed by atoms with Crippen molar-refractivity contribution in [2.75, 3.05) is 0 Å². The number of pyridine rings is 1. The van der Waals surface area contributed by atoms with Crippen molar-refractivity contribution in [1.82, 2.24) is 19.7 Å². The van der Waals surface area contributed by atoms with Crippen molar-refractivity contribution < 1.29 is 0 Å². The molecule has 0 aliphatic carbocycles. The lowest BCUT2D eigenvalue weighted by Gasteiger charge is -2.11. The van der Waals surface area contributed by atoms with Gasteiger partial charge >= 0.3 is 5.69 Å². The number of aromatic amines is 1. The van der Waals surface area contributed by atoms with Crippen molar-refractivity contribution in [2.45, 2.75) is 32.7 Å². The zero-order valence-corrected chi connectivity index (χ0v) is 11.1. The summed E-state index contributed by atoms with van der Waals surface area (Å²) >= 11 is 5.89. The van der Waals surface area contributed by atoms with Crippen LogP contribution in [0.25, 0.3) is 0 Å². The second-order valence-electron chi connectivity index (χ2n) is 3.81. The van der Waals surface area contributed by atoms with Gasteiger partial charge in [-0.3, -0.25) is 9.55 Å². The first-order valence-corrected chi connectivity index (χ1v) is 6.40. The first-order chi connectivity index (χ1) is 8.75. The molecule has 0 bridgehead atoms. The molecule has 96 valence electrons. The standard InChI is InChI=1S/C10H9ClN4O.C2H6/c11-7-3-6(4-12-5-7)8-1-2-9-13-14-10(16)15(8)9;1-2/h3-5,8H,1-2H2,(H,14,16);1-2H3. The Hall–Kier alpha value is -1.62. The molecule has 1 atom stereocenters. The summed E-state index contributed by atoms with van der Waals surface area (Å²) in [7, 11) is 0. The van der Waals surface area contributed by atoms with Crippen molar-refractivity contribution in [3.05, 3.63) is 45.4 Å². The van der Waals surface area contributed by atoms with Gasteiger partial charge in [0.05, 0.1) is 11.1 Å². The summed E-state index contributed by atoms with van der Waals surface area (Å²) in [6.07, 6.45) is 4.99. The average molecular weight is 267 g/mol. The van der Waals surface area contributed by atoms with Gasteiger partial charge in [0.25, 0.3) is 0 Å². The molecule has 0 saturated heterocycles.